The minimum absolute atomic E-state index is 0.0416. The lowest BCUT2D eigenvalue weighted by molar-refractivity contribution is -0.120. The number of fused-ring (bicyclic) bond motifs is 1. The highest BCUT2D eigenvalue weighted by Gasteiger charge is 2.12. The number of benzene rings is 1. The molecule has 1 aromatic heterocycles. The number of nitrogens with zero attached hydrogens (tertiary/aromatic N) is 1. The van der Waals surface area contributed by atoms with Crippen LogP contribution >= 0.6 is 0 Å². The van der Waals surface area contributed by atoms with E-state index in [0.717, 1.165) is 28.7 Å². The Labute approximate surface area is 118 Å². The van der Waals surface area contributed by atoms with E-state index >= 15 is 0 Å². The van der Waals surface area contributed by atoms with E-state index in [1.54, 1.807) is 6.07 Å². The maximum absolute atomic E-state index is 13.3. The van der Waals surface area contributed by atoms with E-state index in [-0.39, 0.29) is 18.1 Å². The van der Waals surface area contributed by atoms with Gasteiger partial charge in [0, 0.05) is 29.7 Å². The van der Waals surface area contributed by atoms with Gasteiger partial charge in [-0.2, -0.15) is 0 Å². The van der Waals surface area contributed by atoms with Gasteiger partial charge in [0.05, 0.1) is 6.42 Å². The SMILES string of the molecule is Cc1[nH]c2ccc(F)cc2c1CC(=O)NCCN(C)C. The number of aromatic amines is 1. The van der Waals surface area contributed by atoms with Crippen LogP contribution in [0.5, 0.6) is 0 Å². The van der Waals surface area contributed by atoms with Gasteiger partial charge in [-0.25, -0.2) is 4.39 Å². The molecule has 0 bridgehead atoms. The van der Waals surface area contributed by atoms with Crippen LogP contribution in [0.2, 0.25) is 0 Å². The molecule has 1 amide bonds. The van der Waals surface area contributed by atoms with Crippen LogP contribution in [0.25, 0.3) is 10.9 Å². The van der Waals surface area contributed by atoms with Crippen molar-refractivity contribution in [3.63, 3.8) is 0 Å². The molecule has 0 aliphatic heterocycles. The molecule has 0 aliphatic carbocycles. The van der Waals surface area contributed by atoms with Crippen LogP contribution in [0, 0.1) is 12.7 Å². The third kappa shape index (κ3) is 3.36. The summed E-state index contributed by atoms with van der Waals surface area (Å²) in [4.78, 5) is 17.1. The molecular weight excluding hydrogens is 257 g/mol. The van der Waals surface area contributed by atoms with Gasteiger partial charge in [0.1, 0.15) is 5.82 Å². The summed E-state index contributed by atoms with van der Waals surface area (Å²) in [6.07, 6.45) is 0.267. The second-order valence-electron chi connectivity index (χ2n) is 5.25. The van der Waals surface area contributed by atoms with Crippen molar-refractivity contribution in [2.24, 2.45) is 0 Å². The highest BCUT2D eigenvalue weighted by molar-refractivity contribution is 5.90. The number of hydrogen-bond acceptors (Lipinski definition) is 2. The maximum Gasteiger partial charge on any atom is 0.224 e. The Hall–Kier alpha value is -1.88. The van der Waals surface area contributed by atoms with Gasteiger partial charge in [0.25, 0.3) is 0 Å². The summed E-state index contributed by atoms with van der Waals surface area (Å²) >= 11 is 0. The molecule has 1 heterocycles. The number of aromatic nitrogens is 1. The van der Waals surface area contributed by atoms with E-state index in [1.165, 1.54) is 12.1 Å². The number of nitrogens with one attached hydrogen (secondary N) is 2. The lowest BCUT2D eigenvalue weighted by Crippen LogP contribution is -2.32. The minimum Gasteiger partial charge on any atom is -0.358 e. The third-order valence-electron chi connectivity index (χ3n) is 3.30. The largest absolute Gasteiger partial charge is 0.358 e. The molecule has 0 saturated heterocycles. The highest BCUT2D eigenvalue weighted by atomic mass is 19.1. The maximum atomic E-state index is 13.3. The van der Waals surface area contributed by atoms with E-state index in [4.69, 9.17) is 0 Å². The van der Waals surface area contributed by atoms with E-state index in [2.05, 4.69) is 10.3 Å². The Bertz CT molecular complexity index is 619. The molecule has 20 heavy (non-hydrogen) atoms. The molecule has 0 radical (unpaired) electrons. The number of amides is 1. The summed E-state index contributed by atoms with van der Waals surface area (Å²) in [5.41, 5.74) is 2.63. The van der Waals surface area contributed by atoms with Crippen molar-refractivity contribution in [2.75, 3.05) is 27.2 Å². The predicted octanol–water partition coefficient (Wildman–Crippen LogP) is 1.84. The van der Waals surface area contributed by atoms with E-state index in [9.17, 15) is 9.18 Å². The molecule has 0 atom stereocenters. The zero-order valence-corrected chi connectivity index (χ0v) is 12.1. The van der Waals surface area contributed by atoms with Crippen molar-refractivity contribution in [1.29, 1.82) is 0 Å². The van der Waals surface area contributed by atoms with Gasteiger partial charge in [-0.15, -0.1) is 0 Å². The molecule has 0 aliphatic rings. The Morgan fingerprint density at radius 1 is 1.40 bits per heavy atom. The Morgan fingerprint density at radius 2 is 2.15 bits per heavy atom. The molecule has 0 unspecified atom stereocenters. The minimum atomic E-state index is -0.286. The molecular formula is C15H20FN3O. The molecule has 0 fully saturated rings. The van der Waals surface area contributed by atoms with Crippen LogP contribution in [-0.2, 0) is 11.2 Å². The van der Waals surface area contributed by atoms with E-state index in [0.29, 0.717) is 6.54 Å². The van der Waals surface area contributed by atoms with Crippen molar-refractivity contribution in [2.45, 2.75) is 13.3 Å². The lowest BCUT2D eigenvalue weighted by atomic mass is 10.1. The van der Waals surface area contributed by atoms with E-state index in [1.807, 2.05) is 25.9 Å². The van der Waals surface area contributed by atoms with Crippen molar-refractivity contribution in [3.8, 4) is 0 Å². The zero-order chi connectivity index (χ0) is 14.7. The first-order chi connectivity index (χ1) is 9.47. The number of likely N-dealkylation sites (N-methyl/N-ethyl adjacent to an activating group) is 1. The van der Waals surface area contributed by atoms with Gasteiger partial charge in [-0.05, 0) is 44.8 Å². The van der Waals surface area contributed by atoms with Crippen LogP contribution in [0.4, 0.5) is 4.39 Å². The van der Waals surface area contributed by atoms with Crippen LogP contribution in [0.1, 0.15) is 11.3 Å². The van der Waals surface area contributed by atoms with Gasteiger partial charge in [0.15, 0.2) is 0 Å². The van der Waals surface area contributed by atoms with Gasteiger partial charge in [-0.1, -0.05) is 0 Å². The van der Waals surface area contributed by atoms with Crippen LogP contribution in [0.3, 0.4) is 0 Å². The first-order valence-electron chi connectivity index (χ1n) is 6.65. The molecule has 5 heteroatoms. The Balaban J connectivity index is 2.11. The predicted molar refractivity (Wildman–Crippen MR) is 78.3 cm³/mol. The lowest BCUT2D eigenvalue weighted by Gasteiger charge is -2.10. The molecule has 2 rings (SSSR count). The molecule has 2 N–H and O–H groups in total. The fourth-order valence-corrected chi connectivity index (χ4v) is 2.22. The average molecular weight is 277 g/mol. The Morgan fingerprint density at radius 3 is 2.85 bits per heavy atom. The van der Waals surface area contributed by atoms with Gasteiger partial charge in [0.2, 0.25) is 5.91 Å². The number of hydrogen-bond donors (Lipinski definition) is 2. The number of halogens is 1. The fourth-order valence-electron chi connectivity index (χ4n) is 2.22. The Kier molecular flexibility index (Phi) is 4.39. The monoisotopic (exact) mass is 277 g/mol. The van der Waals surface area contributed by atoms with Gasteiger partial charge < -0.3 is 15.2 Å². The first kappa shape index (κ1) is 14.5. The number of carbonyl (C=O) groups is 1. The summed E-state index contributed by atoms with van der Waals surface area (Å²) in [5, 5.41) is 3.65. The molecule has 0 saturated carbocycles. The summed E-state index contributed by atoms with van der Waals surface area (Å²) < 4.78 is 13.3. The third-order valence-corrected chi connectivity index (χ3v) is 3.30. The fraction of sp³-hybridized carbons (Fsp3) is 0.400. The van der Waals surface area contributed by atoms with E-state index < -0.39 is 0 Å². The highest BCUT2D eigenvalue weighted by Crippen LogP contribution is 2.23. The molecule has 1 aromatic carbocycles. The molecule has 2 aromatic rings. The number of rotatable bonds is 5. The van der Waals surface area contributed by atoms with Gasteiger partial charge >= 0.3 is 0 Å². The second kappa shape index (κ2) is 6.05. The van der Waals surface area contributed by atoms with Crippen molar-refractivity contribution >= 4 is 16.8 Å². The quantitative estimate of drug-likeness (QED) is 0.876. The van der Waals surface area contributed by atoms with Crippen molar-refractivity contribution in [1.82, 2.24) is 15.2 Å². The first-order valence-corrected chi connectivity index (χ1v) is 6.65. The summed E-state index contributed by atoms with van der Waals surface area (Å²) in [7, 11) is 3.91. The number of carbonyl (C=O) groups excluding carboxylic acids is 1. The number of H-pyrrole nitrogens is 1. The standard InChI is InChI=1S/C15H20FN3O/c1-10-12(9-15(20)17-6-7-19(2)3)13-8-11(16)4-5-14(13)18-10/h4-5,8,18H,6-7,9H2,1-3H3,(H,17,20). The topological polar surface area (TPSA) is 48.1 Å². The average Bonchev–Trinajstić information content (AvgIpc) is 2.65. The second-order valence-corrected chi connectivity index (χ2v) is 5.25. The van der Waals surface area contributed by atoms with Crippen LogP contribution in [-0.4, -0.2) is 43.0 Å². The van der Waals surface area contributed by atoms with Crippen LogP contribution in [0.15, 0.2) is 18.2 Å². The normalized spacial score (nSPS) is 11.2. The molecule has 108 valence electrons. The van der Waals surface area contributed by atoms with Gasteiger partial charge in [-0.3, -0.25) is 4.79 Å². The zero-order valence-electron chi connectivity index (χ0n) is 12.1. The summed E-state index contributed by atoms with van der Waals surface area (Å²) in [6.45, 7) is 3.31. The van der Waals surface area contributed by atoms with Crippen LogP contribution < -0.4 is 5.32 Å². The van der Waals surface area contributed by atoms with Crippen molar-refractivity contribution < 1.29 is 9.18 Å². The molecule has 0 spiro atoms. The molecule has 4 nitrogen and oxygen atoms in total. The van der Waals surface area contributed by atoms with Crippen molar-refractivity contribution in [3.05, 3.63) is 35.3 Å². The summed E-state index contributed by atoms with van der Waals surface area (Å²) in [6, 6.07) is 4.59. The number of aryl methyl sites for hydroxylation is 1. The summed E-state index contributed by atoms with van der Waals surface area (Å²) in [5.74, 6) is -0.328. The smallest absolute Gasteiger partial charge is 0.224 e.